The Morgan fingerprint density at radius 3 is 2.70 bits per heavy atom. The second-order valence-electron chi connectivity index (χ2n) is 4.84. The van der Waals surface area contributed by atoms with Crippen LogP contribution in [0.4, 0.5) is 5.95 Å². The molecule has 1 heterocycles. The molecule has 20 heavy (non-hydrogen) atoms. The quantitative estimate of drug-likeness (QED) is 0.599. The first-order chi connectivity index (χ1) is 9.77. The first kappa shape index (κ1) is 17.0. The lowest BCUT2D eigenvalue weighted by Gasteiger charge is -2.10. The first-order valence-corrected chi connectivity index (χ1v) is 7.71. The number of nitrogens with one attached hydrogen (secondary N) is 1. The maximum absolute atomic E-state index is 5.46. The lowest BCUT2D eigenvalue weighted by Crippen LogP contribution is -2.11. The Morgan fingerprint density at radius 1 is 1.15 bits per heavy atom. The number of hydrogen-bond donors (Lipinski definition) is 1. The van der Waals surface area contributed by atoms with E-state index in [0.29, 0.717) is 0 Å². The summed E-state index contributed by atoms with van der Waals surface area (Å²) in [5.41, 5.74) is 1.05. The summed E-state index contributed by atoms with van der Waals surface area (Å²) in [6.45, 7) is 11.3. The fourth-order valence-corrected chi connectivity index (χ4v) is 1.96. The summed E-state index contributed by atoms with van der Waals surface area (Å²) in [4.78, 5) is 4.51. The standard InChI is InChI=1S/C15H29N3O2/c1-4-10-20-11-6-8-16-15-17-14(3)13-18(15)9-7-12-19-5-2/h13H,4-12H2,1-3H3,(H,16,17). The van der Waals surface area contributed by atoms with Crippen LogP contribution in [0.2, 0.25) is 0 Å². The molecule has 116 valence electrons. The number of rotatable bonds is 12. The zero-order chi connectivity index (χ0) is 14.6. The van der Waals surface area contributed by atoms with Crippen molar-refractivity contribution >= 4 is 5.95 Å². The van der Waals surface area contributed by atoms with Crippen LogP contribution >= 0.6 is 0 Å². The van der Waals surface area contributed by atoms with Gasteiger partial charge in [0, 0.05) is 45.7 Å². The molecular formula is C15H29N3O2. The third-order valence-electron chi connectivity index (χ3n) is 2.89. The molecule has 5 nitrogen and oxygen atoms in total. The number of nitrogens with zero attached hydrogens (tertiary/aromatic N) is 2. The highest BCUT2D eigenvalue weighted by molar-refractivity contribution is 5.28. The summed E-state index contributed by atoms with van der Waals surface area (Å²) < 4.78 is 13.0. The monoisotopic (exact) mass is 283 g/mol. The zero-order valence-electron chi connectivity index (χ0n) is 13.2. The smallest absolute Gasteiger partial charge is 0.203 e. The molecule has 0 fully saturated rings. The second kappa shape index (κ2) is 10.7. The predicted molar refractivity (Wildman–Crippen MR) is 82.3 cm³/mol. The van der Waals surface area contributed by atoms with Crippen LogP contribution in [0.5, 0.6) is 0 Å². The van der Waals surface area contributed by atoms with Gasteiger partial charge in [-0.2, -0.15) is 0 Å². The fraction of sp³-hybridized carbons (Fsp3) is 0.800. The van der Waals surface area contributed by atoms with E-state index in [0.717, 1.165) is 70.4 Å². The van der Waals surface area contributed by atoms with E-state index in [-0.39, 0.29) is 0 Å². The van der Waals surface area contributed by atoms with Gasteiger partial charge in [-0.1, -0.05) is 6.92 Å². The number of aromatic nitrogens is 2. The van der Waals surface area contributed by atoms with Gasteiger partial charge in [0.2, 0.25) is 5.95 Å². The maximum atomic E-state index is 5.46. The second-order valence-corrected chi connectivity index (χ2v) is 4.84. The molecule has 1 rings (SSSR count). The number of anilines is 1. The minimum absolute atomic E-state index is 0.784. The molecule has 1 aromatic heterocycles. The van der Waals surface area contributed by atoms with Crippen molar-refractivity contribution in [3.05, 3.63) is 11.9 Å². The van der Waals surface area contributed by atoms with Gasteiger partial charge in [0.1, 0.15) is 0 Å². The van der Waals surface area contributed by atoms with E-state index >= 15 is 0 Å². The summed E-state index contributed by atoms with van der Waals surface area (Å²) in [6.07, 6.45) is 5.18. The summed E-state index contributed by atoms with van der Waals surface area (Å²) in [7, 11) is 0. The molecular weight excluding hydrogens is 254 g/mol. The van der Waals surface area contributed by atoms with Gasteiger partial charge in [-0.05, 0) is 33.1 Å². The molecule has 0 amide bonds. The van der Waals surface area contributed by atoms with Crippen LogP contribution in [0.15, 0.2) is 6.20 Å². The van der Waals surface area contributed by atoms with Crippen LogP contribution in [-0.2, 0) is 16.0 Å². The zero-order valence-corrected chi connectivity index (χ0v) is 13.2. The number of imidazole rings is 1. The molecule has 5 heteroatoms. The van der Waals surface area contributed by atoms with Crippen molar-refractivity contribution in [2.45, 2.75) is 46.6 Å². The van der Waals surface area contributed by atoms with Gasteiger partial charge < -0.3 is 19.4 Å². The van der Waals surface area contributed by atoms with Crippen molar-refractivity contribution in [2.24, 2.45) is 0 Å². The van der Waals surface area contributed by atoms with Gasteiger partial charge in [-0.15, -0.1) is 0 Å². The number of aryl methyl sites for hydroxylation is 2. The van der Waals surface area contributed by atoms with Crippen LogP contribution in [0.25, 0.3) is 0 Å². The Morgan fingerprint density at radius 2 is 1.95 bits per heavy atom. The Balaban J connectivity index is 2.26. The van der Waals surface area contributed by atoms with Gasteiger partial charge in [0.25, 0.3) is 0 Å². The Hall–Kier alpha value is -1.07. The van der Waals surface area contributed by atoms with E-state index in [2.05, 4.69) is 28.0 Å². The largest absolute Gasteiger partial charge is 0.382 e. The minimum atomic E-state index is 0.784. The van der Waals surface area contributed by atoms with Crippen LogP contribution in [0.1, 0.15) is 38.8 Å². The topological polar surface area (TPSA) is 48.3 Å². The van der Waals surface area contributed by atoms with Crippen molar-refractivity contribution in [3.63, 3.8) is 0 Å². The van der Waals surface area contributed by atoms with Crippen molar-refractivity contribution in [1.82, 2.24) is 9.55 Å². The molecule has 0 bridgehead atoms. The summed E-state index contributed by atoms with van der Waals surface area (Å²) in [5, 5.41) is 3.38. The fourth-order valence-electron chi connectivity index (χ4n) is 1.96. The molecule has 0 spiro atoms. The Bertz CT molecular complexity index is 353. The molecule has 1 aromatic rings. The maximum Gasteiger partial charge on any atom is 0.203 e. The summed E-state index contributed by atoms with van der Waals surface area (Å²) in [6, 6.07) is 0. The minimum Gasteiger partial charge on any atom is -0.382 e. The van der Waals surface area contributed by atoms with Gasteiger partial charge in [-0.3, -0.25) is 0 Å². The summed E-state index contributed by atoms with van der Waals surface area (Å²) >= 11 is 0. The number of hydrogen-bond acceptors (Lipinski definition) is 4. The van der Waals surface area contributed by atoms with Crippen molar-refractivity contribution in [1.29, 1.82) is 0 Å². The van der Waals surface area contributed by atoms with E-state index in [1.54, 1.807) is 0 Å². The first-order valence-electron chi connectivity index (χ1n) is 7.71. The normalized spacial score (nSPS) is 10.9. The van der Waals surface area contributed by atoms with Gasteiger partial charge >= 0.3 is 0 Å². The van der Waals surface area contributed by atoms with E-state index in [4.69, 9.17) is 9.47 Å². The van der Waals surface area contributed by atoms with Gasteiger partial charge in [0.05, 0.1) is 5.69 Å². The van der Waals surface area contributed by atoms with E-state index in [9.17, 15) is 0 Å². The van der Waals surface area contributed by atoms with Crippen molar-refractivity contribution in [2.75, 3.05) is 38.3 Å². The van der Waals surface area contributed by atoms with Gasteiger partial charge in [-0.25, -0.2) is 4.98 Å². The van der Waals surface area contributed by atoms with Crippen LogP contribution in [-0.4, -0.2) is 42.5 Å². The molecule has 0 unspecified atom stereocenters. The molecule has 0 aliphatic heterocycles. The highest BCUT2D eigenvalue weighted by Crippen LogP contribution is 2.09. The third kappa shape index (κ3) is 6.91. The molecule has 0 radical (unpaired) electrons. The highest BCUT2D eigenvalue weighted by Gasteiger charge is 2.04. The molecule has 0 saturated heterocycles. The van der Waals surface area contributed by atoms with E-state index in [1.807, 2.05) is 13.8 Å². The molecule has 0 aliphatic rings. The van der Waals surface area contributed by atoms with Crippen molar-refractivity contribution < 1.29 is 9.47 Å². The van der Waals surface area contributed by atoms with Crippen LogP contribution < -0.4 is 5.32 Å². The Kier molecular flexibility index (Phi) is 9.07. The predicted octanol–water partition coefficient (Wildman–Crippen LogP) is 2.85. The SMILES string of the molecule is CCCOCCCNc1nc(C)cn1CCCOCC. The molecule has 0 aromatic carbocycles. The average molecular weight is 283 g/mol. The third-order valence-corrected chi connectivity index (χ3v) is 2.89. The molecule has 0 aliphatic carbocycles. The molecule has 1 N–H and O–H groups in total. The van der Waals surface area contributed by atoms with Crippen LogP contribution in [0, 0.1) is 6.92 Å². The molecule has 0 saturated carbocycles. The average Bonchev–Trinajstić information content (AvgIpc) is 2.79. The Labute approximate surface area is 122 Å². The highest BCUT2D eigenvalue weighted by atomic mass is 16.5. The lowest BCUT2D eigenvalue weighted by atomic mass is 10.4. The lowest BCUT2D eigenvalue weighted by molar-refractivity contribution is 0.134. The van der Waals surface area contributed by atoms with E-state index < -0.39 is 0 Å². The van der Waals surface area contributed by atoms with Gasteiger partial charge in [0.15, 0.2) is 0 Å². The number of ether oxygens (including phenoxy) is 2. The van der Waals surface area contributed by atoms with Crippen LogP contribution in [0.3, 0.4) is 0 Å². The summed E-state index contributed by atoms with van der Waals surface area (Å²) in [5.74, 6) is 0.953. The van der Waals surface area contributed by atoms with Crippen molar-refractivity contribution in [3.8, 4) is 0 Å². The molecule has 0 atom stereocenters. The van der Waals surface area contributed by atoms with E-state index in [1.165, 1.54) is 0 Å².